The first kappa shape index (κ1) is 21.1. The first-order chi connectivity index (χ1) is 13.6. The lowest BCUT2D eigenvalue weighted by Crippen LogP contribution is -2.07. The van der Waals surface area contributed by atoms with Crippen molar-refractivity contribution in [2.45, 2.75) is 6.42 Å². The fourth-order valence-corrected chi connectivity index (χ4v) is 2.60. The minimum absolute atomic E-state index is 0.116. The third-order valence-electron chi connectivity index (χ3n) is 3.91. The van der Waals surface area contributed by atoms with Crippen LogP contribution in [-0.4, -0.2) is 46.2 Å². The summed E-state index contributed by atoms with van der Waals surface area (Å²) in [5, 5.41) is 42.2. The molecule has 2 aromatic carbocycles. The van der Waals surface area contributed by atoms with E-state index in [9.17, 15) is 40.0 Å². The average Bonchev–Trinajstić information content (AvgIpc) is 2.68. The third-order valence-corrected chi connectivity index (χ3v) is 3.91. The fourth-order valence-electron chi connectivity index (χ4n) is 2.60. The number of carbonyl (C=O) groups is 2. The molecule has 0 spiro atoms. The van der Waals surface area contributed by atoms with Gasteiger partial charge in [-0.2, -0.15) is 0 Å². The van der Waals surface area contributed by atoms with Gasteiger partial charge in [-0.25, -0.2) is 9.59 Å². The second-order valence-corrected chi connectivity index (χ2v) is 5.70. The Labute approximate surface area is 162 Å². The van der Waals surface area contributed by atoms with E-state index >= 15 is 0 Å². The van der Waals surface area contributed by atoms with E-state index in [2.05, 4.69) is 9.47 Å². The van der Waals surface area contributed by atoms with Gasteiger partial charge >= 0.3 is 23.3 Å². The number of phenols is 2. The van der Waals surface area contributed by atoms with Gasteiger partial charge in [-0.15, -0.1) is 0 Å². The van der Waals surface area contributed by atoms with Crippen molar-refractivity contribution < 1.29 is 39.1 Å². The van der Waals surface area contributed by atoms with E-state index in [0.717, 1.165) is 38.5 Å². The highest BCUT2D eigenvalue weighted by Gasteiger charge is 2.26. The minimum atomic E-state index is -1.03. The summed E-state index contributed by atoms with van der Waals surface area (Å²) in [5.74, 6) is -3.84. The number of aromatic hydroxyl groups is 2. The number of hydrogen-bond acceptors (Lipinski definition) is 10. The molecule has 2 N–H and O–H groups in total. The zero-order valence-corrected chi connectivity index (χ0v) is 15.1. The number of benzene rings is 2. The van der Waals surface area contributed by atoms with Crippen molar-refractivity contribution in [1.82, 2.24) is 0 Å². The molecule has 0 aromatic heterocycles. The molecule has 0 saturated carbocycles. The van der Waals surface area contributed by atoms with Gasteiger partial charge in [-0.3, -0.25) is 20.2 Å². The van der Waals surface area contributed by atoms with Gasteiger partial charge in [0.25, 0.3) is 0 Å². The summed E-state index contributed by atoms with van der Waals surface area (Å²) < 4.78 is 8.97. The normalized spacial score (nSPS) is 10.3. The summed E-state index contributed by atoms with van der Waals surface area (Å²) in [5.41, 5.74) is -2.26. The van der Waals surface area contributed by atoms with Gasteiger partial charge in [0.05, 0.1) is 24.1 Å². The van der Waals surface area contributed by atoms with Gasteiger partial charge in [-0.05, 0) is 29.7 Å². The van der Waals surface area contributed by atoms with Crippen molar-refractivity contribution in [3.63, 3.8) is 0 Å². The van der Waals surface area contributed by atoms with Gasteiger partial charge < -0.3 is 19.7 Å². The van der Waals surface area contributed by atoms with Crippen LogP contribution in [-0.2, 0) is 15.9 Å². The molecule has 0 amide bonds. The summed E-state index contributed by atoms with van der Waals surface area (Å²) in [6.07, 6.45) is -0.212. The molecule has 0 heterocycles. The van der Waals surface area contributed by atoms with E-state index in [4.69, 9.17) is 0 Å². The van der Waals surface area contributed by atoms with Crippen molar-refractivity contribution in [3.8, 4) is 11.5 Å². The van der Waals surface area contributed by atoms with E-state index in [1.165, 1.54) is 0 Å². The molecule has 29 heavy (non-hydrogen) atoms. The molecule has 12 heteroatoms. The number of nitro groups is 2. The third kappa shape index (κ3) is 4.21. The van der Waals surface area contributed by atoms with Gasteiger partial charge in [0, 0.05) is 12.1 Å². The van der Waals surface area contributed by atoms with Gasteiger partial charge in [0.15, 0.2) is 0 Å². The Morgan fingerprint density at radius 2 is 1.17 bits per heavy atom. The number of rotatable bonds is 6. The molecular weight excluding hydrogens is 392 g/mol. The van der Waals surface area contributed by atoms with Crippen LogP contribution < -0.4 is 0 Å². The predicted octanol–water partition coefficient (Wildman–Crippen LogP) is 2.08. The van der Waals surface area contributed by atoms with Crippen LogP contribution in [0.3, 0.4) is 0 Å². The quantitative estimate of drug-likeness (QED) is 0.409. The molecule has 0 atom stereocenters. The maximum atomic E-state index is 11.8. The van der Waals surface area contributed by atoms with Crippen molar-refractivity contribution in [2.75, 3.05) is 14.2 Å². The summed E-state index contributed by atoms with van der Waals surface area (Å²) in [7, 11) is 2.04. The highest BCUT2D eigenvalue weighted by atomic mass is 16.6. The molecule has 0 unspecified atom stereocenters. The van der Waals surface area contributed by atoms with Crippen molar-refractivity contribution in [2.24, 2.45) is 0 Å². The number of phenolic OH excluding ortho intramolecular Hbond substituents is 2. The number of carbonyl (C=O) groups excluding carboxylic acids is 2. The molecule has 152 valence electrons. The maximum Gasteiger partial charge on any atom is 0.341 e. The molecule has 0 radical (unpaired) electrons. The van der Waals surface area contributed by atoms with Crippen LogP contribution >= 0.6 is 0 Å². The Bertz CT molecular complexity index is 950. The van der Waals surface area contributed by atoms with E-state index < -0.39 is 55.8 Å². The second-order valence-electron chi connectivity index (χ2n) is 5.70. The number of methoxy groups -OCH3 is 2. The number of nitrogens with zero attached hydrogens (tertiary/aromatic N) is 2. The van der Waals surface area contributed by atoms with E-state index in [0.29, 0.717) is 0 Å². The van der Waals surface area contributed by atoms with Crippen LogP contribution in [0.2, 0.25) is 0 Å². The number of esters is 2. The Hall–Kier alpha value is -4.22. The topological polar surface area (TPSA) is 179 Å². The molecule has 12 nitrogen and oxygen atoms in total. The van der Waals surface area contributed by atoms with E-state index in [-0.39, 0.29) is 17.5 Å². The highest BCUT2D eigenvalue weighted by molar-refractivity contribution is 5.95. The molecule has 0 bridgehead atoms. The largest absolute Gasteiger partial charge is 0.501 e. The number of ether oxygens (including phenoxy) is 2. The predicted molar refractivity (Wildman–Crippen MR) is 95.0 cm³/mol. The lowest BCUT2D eigenvalue weighted by atomic mass is 9.98. The number of nitro benzene ring substituents is 2. The zero-order chi connectivity index (χ0) is 21.9. The SMILES string of the molecule is COC(=O)c1cc(Cc2cc(C(=O)OC)c(O)c([N+](=O)[O-])c2)cc([N+](=O)[O-])c1O. The Morgan fingerprint density at radius 3 is 1.45 bits per heavy atom. The monoisotopic (exact) mass is 406 g/mol. The maximum absolute atomic E-state index is 11.8. The molecule has 0 aliphatic rings. The molecule has 0 aliphatic carbocycles. The Balaban J connectivity index is 2.64. The van der Waals surface area contributed by atoms with Crippen molar-refractivity contribution >= 4 is 23.3 Å². The van der Waals surface area contributed by atoms with Crippen molar-refractivity contribution in [1.29, 1.82) is 0 Å². The molecule has 0 saturated heterocycles. The van der Waals surface area contributed by atoms with Crippen LogP contribution in [0.4, 0.5) is 11.4 Å². The highest BCUT2D eigenvalue weighted by Crippen LogP contribution is 2.35. The second kappa shape index (κ2) is 8.21. The first-order valence-electron chi connectivity index (χ1n) is 7.77. The van der Waals surface area contributed by atoms with E-state index in [1.807, 2.05) is 0 Å². The first-order valence-corrected chi connectivity index (χ1v) is 7.77. The lowest BCUT2D eigenvalue weighted by molar-refractivity contribution is -0.386. The van der Waals surface area contributed by atoms with Crippen LogP contribution in [0.1, 0.15) is 31.8 Å². The molecular formula is C17H14N2O10. The average molecular weight is 406 g/mol. The summed E-state index contributed by atoms with van der Waals surface area (Å²) in [4.78, 5) is 44.1. The fraction of sp³-hybridized carbons (Fsp3) is 0.176. The van der Waals surface area contributed by atoms with Crippen LogP contribution in [0.15, 0.2) is 24.3 Å². The van der Waals surface area contributed by atoms with Crippen LogP contribution in [0.5, 0.6) is 11.5 Å². The van der Waals surface area contributed by atoms with Gasteiger partial charge in [-0.1, -0.05) is 0 Å². The molecule has 0 fully saturated rings. The summed E-state index contributed by atoms with van der Waals surface area (Å²) in [6.45, 7) is 0. The molecule has 2 aromatic rings. The standard InChI is InChI=1S/C17H14N2O10/c1-28-16(22)10-4-8(6-12(14(10)20)18(24)25)3-9-5-11(17(23)29-2)15(21)13(7-9)19(26)27/h4-7,20-21H,3H2,1-2H3. The smallest absolute Gasteiger partial charge is 0.341 e. The van der Waals surface area contributed by atoms with E-state index in [1.54, 1.807) is 0 Å². The van der Waals surface area contributed by atoms with Crippen LogP contribution in [0.25, 0.3) is 0 Å². The lowest BCUT2D eigenvalue weighted by Gasteiger charge is -2.10. The zero-order valence-electron chi connectivity index (χ0n) is 15.1. The molecule has 0 aliphatic heterocycles. The van der Waals surface area contributed by atoms with Crippen molar-refractivity contribution in [3.05, 3.63) is 66.7 Å². The summed E-state index contributed by atoms with van der Waals surface area (Å²) >= 11 is 0. The Kier molecular flexibility index (Phi) is 5.97. The van der Waals surface area contributed by atoms with Crippen LogP contribution in [0, 0.1) is 20.2 Å². The number of hydrogen-bond donors (Lipinski definition) is 2. The minimum Gasteiger partial charge on any atom is -0.501 e. The van der Waals surface area contributed by atoms with Gasteiger partial charge in [0.1, 0.15) is 11.1 Å². The molecule has 2 rings (SSSR count). The van der Waals surface area contributed by atoms with Gasteiger partial charge in [0.2, 0.25) is 11.5 Å². The summed E-state index contributed by atoms with van der Waals surface area (Å²) in [6, 6.07) is 4.17. The Morgan fingerprint density at radius 1 is 0.828 bits per heavy atom.